The monoisotopic (exact) mass is 221 g/mol. The first-order valence-corrected chi connectivity index (χ1v) is 4.28. The van der Waals surface area contributed by atoms with Crippen LogP contribution in [0.4, 0.5) is 5.69 Å². The van der Waals surface area contributed by atoms with Crippen LogP contribution in [0.5, 0.6) is 0 Å². The quantitative estimate of drug-likeness (QED) is 0.478. The summed E-state index contributed by atoms with van der Waals surface area (Å²) in [7, 11) is 0. The van der Waals surface area contributed by atoms with Crippen molar-refractivity contribution in [2.75, 3.05) is 0 Å². The summed E-state index contributed by atoms with van der Waals surface area (Å²) in [6, 6.07) is 4.96. The van der Waals surface area contributed by atoms with Crippen molar-refractivity contribution in [2.24, 2.45) is 5.11 Å². The zero-order valence-corrected chi connectivity index (χ0v) is 8.05. The molecule has 1 aromatic heterocycles. The number of halogens is 1. The van der Waals surface area contributed by atoms with Gasteiger partial charge in [0.1, 0.15) is 0 Å². The van der Waals surface area contributed by atoms with Crippen LogP contribution in [-0.4, -0.2) is 20.6 Å². The fraction of sp³-hybridized carbons (Fsp3) is 0. The second-order valence-corrected chi connectivity index (χ2v) is 2.97. The summed E-state index contributed by atoms with van der Waals surface area (Å²) < 4.78 is 0. The first-order valence-electron chi connectivity index (χ1n) is 3.90. The minimum absolute atomic E-state index is 0.294. The number of hydrogen-bond donors (Lipinski definition) is 1. The van der Waals surface area contributed by atoms with Gasteiger partial charge in [0, 0.05) is 4.91 Å². The first kappa shape index (κ1) is 9.45. The van der Waals surface area contributed by atoms with Gasteiger partial charge in [-0.15, -0.1) is 10.2 Å². The normalized spacial score (nSPS) is 9.67. The summed E-state index contributed by atoms with van der Waals surface area (Å²) in [4.78, 5) is 2.70. The summed E-state index contributed by atoms with van der Waals surface area (Å²) in [6.07, 6.45) is 0. The molecule has 0 atom stereocenters. The standard InChI is InChI=1S/C7H4ClN7/c8-4-2-1-3-5(10-13-9)6(4)7-11-14-15-12-7/h1-3H,(H,11,12,14,15). The molecule has 1 heterocycles. The second-order valence-electron chi connectivity index (χ2n) is 2.56. The minimum atomic E-state index is 0.294. The van der Waals surface area contributed by atoms with Crippen molar-refractivity contribution in [2.45, 2.75) is 0 Å². The van der Waals surface area contributed by atoms with Gasteiger partial charge in [0.25, 0.3) is 0 Å². The molecule has 0 aliphatic carbocycles. The van der Waals surface area contributed by atoms with E-state index in [1.807, 2.05) is 0 Å². The Morgan fingerprint density at radius 2 is 2.33 bits per heavy atom. The smallest absolute Gasteiger partial charge is 0.177 e. The third-order valence-electron chi connectivity index (χ3n) is 1.71. The number of rotatable bonds is 2. The maximum Gasteiger partial charge on any atom is 0.206 e. The summed E-state index contributed by atoms with van der Waals surface area (Å²) >= 11 is 5.95. The number of benzene rings is 1. The number of nitrogens with one attached hydrogen (secondary N) is 1. The highest BCUT2D eigenvalue weighted by atomic mass is 35.5. The topological polar surface area (TPSA) is 103 Å². The highest BCUT2D eigenvalue weighted by Gasteiger charge is 2.11. The Bertz CT molecular complexity index is 514. The van der Waals surface area contributed by atoms with Gasteiger partial charge in [-0.05, 0) is 16.8 Å². The number of nitrogens with zero attached hydrogens (tertiary/aromatic N) is 6. The molecule has 15 heavy (non-hydrogen) atoms. The molecule has 0 fully saturated rings. The Labute approximate surface area is 88.7 Å². The Hall–Kier alpha value is -2.11. The van der Waals surface area contributed by atoms with Crippen LogP contribution in [0, 0.1) is 0 Å². The second kappa shape index (κ2) is 3.95. The molecule has 0 bridgehead atoms. The average molecular weight is 222 g/mol. The molecule has 0 spiro atoms. The largest absolute Gasteiger partial charge is 0.206 e. The number of aromatic amines is 1. The summed E-state index contributed by atoms with van der Waals surface area (Å²) in [5.41, 5.74) is 9.21. The highest BCUT2D eigenvalue weighted by molar-refractivity contribution is 6.33. The van der Waals surface area contributed by atoms with Crippen molar-refractivity contribution in [3.63, 3.8) is 0 Å². The Kier molecular flexibility index (Phi) is 2.49. The zero-order chi connectivity index (χ0) is 10.7. The van der Waals surface area contributed by atoms with Crippen LogP contribution in [0.25, 0.3) is 21.8 Å². The fourth-order valence-electron chi connectivity index (χ4n) is 1.13. The van der Waals surface area contributed by atoms with Gasteiger partial charge in [-0.25, -0.2) is 0 Å². The Morgan fingerprint density at radius 1 is 1.47 bits per heavy atom. The van der Waals surface area contributed by atoms with Crippen LogP contribution in [0.3, 0.4) is 0 Å². The van der Waals surface area contributed by atoms with Crippen LogP contribution in [0.1, 0.15) is 0 Å². The van der Waals surface area contributed by atoms with Crippen LogP contribution < -0.4 is 0 Å². The maximum atomic E-state index is 8.38. The lowest BCUT2D eigenvalue weighted by atomic mass is 10.2. The van der Waals surface area contributed by atoms with E-state index in [1.165, 1.54) is 0 Å². The number of aromatic nitrogens is 4. The number of hydrogen-bond acceptors (Lipinski definition) is 4. The van der Waals surface area contributed by atoms with Crippen molar-refractivity contribution in [1.82, 2.24) is 20.6 Å². The van der Waals surface area contributed by atoms with Crippen LogP contribution in [0.2, 0.25) is 5.02 Å². The maximum absolute atomic E-state index is 8.38. The van der Waals surface area contributed by atoms with Gasteiger partial charge in [-0.3, -0.25) is 0 Å². The lowest BCUT2D eigenvalue weighted by Crippen LogP contribution is -1.83. The molecule has 0 radical (unpaired) electrons. The van der Waals surface area contributed by atoms with E-state index >= 15 is 0 Å². The van der Waals surface area contributed by atoms with E-state index < -0.39 is 0 Å². The molecule has 0 saturated heterocycles. The minimum Gasteiger partial charge on any atom is -0.177 e. The molecule has 7 nitrogen and oxygen atoms in total. The average Bonchev–Trinajstić information content (AvgIpc) is 2.71. The van der Waals surface area contributed by atoms with Crippen LogP contribution >= 0.6 is 11.6 Å². The van der Waals surface area contributed by atoms with Gasteiger partial charge in [0.05, 0.1) is 16.3 Å². The molecule has 74 valence electrons. The van der Waals surface area contributed by atoms with E-state index in [9.17, 15) is 0 Å². The van der Waals surface area contributed by atoms with Crippen LogP contribution in [-0.2, 0) is 0 Å². The zero-order valence-electron chi connectivity index (χ0n) is 7.29. The molecular formula is C7H4ClN7. The molecule has 0 amide bonds. The number of azide groups is 1. The highest BCUT2D eigenvalue weighted by Crippen LogP contribution is 2.33. The molecule has 2 aromatic rings. The predicted octanol–water partition coefficient (Wildman–Crippen LogP) is 2.46. The van der Waals surface area contributed by atoms with E-state index in [4.69, 9.17) is 17.1 Å². The number of tetrazole rings is 1. The van der Waals surface area contributed by atoms with Crippen molar-refractivity contribution >= 4 is 17.3 Å². The molecule has 0 unspecified atom stereocenters. The number of H-pyrrole nitrogens is 1. The molecule has 8 heteroatoms. The third-order valence-corrected chi connectivity index (χ3v) is 2.03. The lowest BCUT2D eigenvalue weighted by molar-refractivity contribution is 0.881. The van der Waals surface area contributed by atoms with Gasteiger partial charge >= 0.3 is 0 Å². The predicted molar refractivity (Wildman–Crippen MR) is 53.4 cm³/mol. The Balaban J connectivity index is 2.68. The lowest BCUT2D eigenvalue weighted by Gasteiger charge is -2.01. The molecular weight excluding hydrogens is 218 g/mol. The molecule has 1 N–H and O–H groups in total. The fourth-order valence-corrected chi connectivity index (χ4v) is 1.39. The molecule has 1 aromatic carbocycles. The summed E-state index contributed by atoms with van der Waals surface area (Å²) in [6.45, 7) is 0. The van der Waals surface area contributed by atoms with Gasteiger partial charge in [0.2, 0.25) is 5.82 Å². The molecule has 0 saturated carbocycles. The molecule has 0 aliphatic rings. The van der Waals surface area contributed by atoms with Crippen molar-refractivity contribution in [3.05, 3.63) is 33.7 Å². The summed E-state index contributed by atoms with van der Waals surface area (Å²) in [5.74, 6) is 0.294. The summed E-state index contributed by atoms with van der Waals surface area (Å²) in [5, 5.41) is 17.2. The van der Waals surface area contributed by atoms with Gasteiger partial charge in [0.15, 0.2) is 0 Å². The van der Waals surface area contributed by atoms with Crippen molar-refractivity contribution in [1.29, 1.82) is 0 Å². The van der Waals surface area contributed by atoms with Gasteiger partial charge in [-0.2, -0.15) is 5.21 Å². The van der Waals surface area contributed by atoms with E-state index in [0.29, 0.717) is 22.1 Å². The van der Waals surface area contributed by atoms with Crippen LogP contribution in [0.15, 0.2) is 23.3 Å². The van der Waals surface area contributed by atoms with E-state index in [-0.39, 0.29) is 0 Å². The molecule has 0 aliphatic heterocycles. The van der Waals surface area contributed by atoms with Gasteiger partial charge in [-0.1, -0.05) is 28.8 Å². The van der Waals surface area contributed by atoms with E-state index in [0.717, 1.165) is 0 Å². The Morgan fingerprint density at radius 3 is 3.00 bits per heavy atom. The molecule has 2 rings (SSSR count). The first-order chi connectivity index (χ1) is 7.33. The van der Waals surface area contributed by atoms with Crippen molar-refractivity contribution in [3.8, 4) is 11.4 Å². The van der Waals surface area contributed by atoms with E-state index in [1.54, 1.807) is 18.2 Å². The van der Waals surface area contributed by atoms with E-state index in [2.05, 4.69) is 30.7 Å². The van der Waals surface area contributed by atoms with Gasteiger partial charge < -0.3 is 0 Å². The van der Waals surface area contributed by atoms with Crippen molar-refractivity contribution < 1.29 is 0 Å². The SMILES string of the molecule is [N-]=[N+]=Nc1cccc(Cl)c1-c1nn[nH]n1. The third kappa shape index (κ3) is 1.74.